The molecule has 1 heterocycles. The van der Waals surface area contributed by atoms with Crippen LogP contribution in [-0.2, 0) is 4.79 Å². The van der Waals surface area contributed by atoms with E-state index in [4.69, 9.17) is 4.74 Å². The van der Waals surface area contributed by atoms with Crippen molar-refractivity contribution in [1.29, 1.82) is 0 Å². The third-order valence-corrected chi connectivity index (χ3v) is 5.24. The molecule has 4 nitrogen and oxygen atoms in total. The quantitative estimate of drug-likeness (QED) is 0.739. The number of likely N-dealkylation sites (tertiary alicyclic amines) is 1. The number of para-hydroxylation sites is 1. The number of rotatable bonds is 7. The van der Waals surface area contributed by atoms with Gasteiger partial charge in [-0.25, -0.2) is 0 Å². The molecule has 0 aromatic heterocycles. The zero-order valence-corrected chi connectivity index (χ0v) is 17.6. The van der Waals surface area contributed by atoms with Crippen LogP contribution in [-0.4, -0.2) is 36.5 Å². The molecule has 1 amide bonds. The van der Waals surface area contributed by atoms with Crippen LogP contribution in [0.15, 0.2) is 54.6 Å². The minimum Gasteiger partial charge on any atom is -0.492 e. The molecule has 1 aliphatic heterocycles. The van der Waals surface area contributed by atoms with Crippen molar-refractivity contribution < 1.29 is 9.53 Å². The Bertz CT molecular complexity index is 721. The van der Waals surface area contributed by atoms with Crippen molar-refractivity contribution in [3.63, 3.8) is 0 Å². The third kappa shape index (κ3) is 6.25. The lowest BCUT2D eigenvalue weighted by Crippen LogP contribution is -2.51. The van der Waals surface area contributed by atoms with E-state index in [1.165, 1.54) is 5.56 Å². The predicted molar refractivity (Wildman–Crippen MR) is 116 cm³/mol. The van der Waals surface area contributed by atoms with Gasteiger partial charge in [0.1, 0.15) is 12.4 Å². The zero-order chi connectivity index (χ0) is 19.1. The lowest BCUT2D eigenvalue weighted by atomic mass is 10.00. The zero-order valence-electron chi connectivity index (χ0n) is 16.8. The van der Waals surface area contributed by atoms with E-state index in [1.807, 2.05) is 37.3 Å². The average molecular weight is 403 g/mol. The van der Waals surface area contributed by atoms with E-state index < -0.39 is 0 Å². The number of halogens is 1. The molecule has 0 bridgehead atoms. The molecule has 2 aromatic carbocycles. The fourth-order valence-electron chi connectivity index (χ4n) is 3.60. The number of hydrogen-bond acceptors (Lipinski definition) is 3. The molecular formula is C23H31ClN2O2. The Balaban J connectivity index is 0.00000280. The van der Waals surface area contributed by atoms with E-state index in [0.717, 1.165) is 43.7 Å². The lowest BCUT2D eigenvalue weighted by molar-refractivity contribution is -0.128. The van der Waals surface area contributed by atoms with E-state index >= 15 is 0 Å². The Morgan fingerprint density at radius 2 is 1.86 bits per heavy atom. The van der Waals surface area contributed by atoms with Gasteiger partial charge in [-0.1, -0.05) is 54.4 Å². The number of aryl methyl sites for hydroxylation is 1. The topological polar surface area (TPSA) is 41.6 Å². The summed E-state index contributed by atoms with van der Waals surface area (Å²) >= 11 is 0. The summed E-state index contributed by atoms with van der Waals surface area (Å²) in [5.41, 5.74) is 2.37. The minimum atomic E-state index is -0.0639. The van der Waals surface area contributed by atoms with Crippen LogP contribution in [0.4, 0.5) is 0 Å². The van der Waals surface area contributed by atoms with E-state index in [2.05, 4.69) is 41.4 Å². The maximum atomic E-state index is 12.9. The monoisotopic (exact) mass is 402 g/mol. The van der Waals surface area contributed by atoms with Gasteiger partial charge in [0.05, 0.1) is 12.1 Å². The maximum absolute atomic E-state index is 12.9. The Morgan fingerprint density at radius 3 is 2.57 bits per heavy atom. The second-order valence-electron chi connectivity index (χ2n) is 7.35. The molecule has 152 valence electrons. The molecule has 0 unspecified atom stereocenters. The van der Waals surface area contributed by atoms with Crippen LogP contribution in [0.5, 0.6) is 5.75 Å². The number of nitrogens with one attached hydrogen (secondary N) is 1. The van der Waals surface area contributed by atoms with Crippen molar-refractivity contribution in [2.45, 2.75) is 45.2 Å². The first-order valence-corrected chi connectivity index (χ1v) is 9.92. The number of piperidine rings is 1. The number of carbonyl (C=O) groups excluding carboxylic acids is 1. The highest BCUT2D eigenvalue weighted by Crippen LogP contribution is 2.19. The van der Waals surface area contributed by atoms with Gasteiger partial charge < -0.3 is 10.1 Å². The van der Waals surface area contributed by atoms with Crippen LogP contribution >= 0.6 is 12.4 Å². The summed E-state index contributed by atoms with van der Waals surface area (Å²) in [6, 6.07) is 18.2. The molecule has 0 aliphatic carbocycles. The first-order valence-electron chi connectivity index (χ1n) is 9.92. The molecule has 0 spiro atoms. The highest BCUT2D eigenvalue weighted by molar-refractivity contribution is 5.85. The summed E-state index contributed by atoms with van der Waals surface area (Å²) in [4.78, 5) is 15.2. The molecule has 0 radical (unpaired) electrons. The molecule has 28 heavy (non-hydrogen) atoms. The second-order valence-corrected chi connectivity index (χ2v) is 7.35. The lowest BCUT2D eigenvalue weighted by Gasteiger charge is -2.35. The number of amides is 1. The molecular weight excluding hydrogens is 372 g/mol. The summed E-state index contributed by atoms with van der Waals surface area (Å²) in [6.45, 7) is 6.45. The molecule has 1 aliphatic rings. The third-order valence-electron chi connectivity index (χ3n) is 5.24. The Hall–Kier alpha value is -2.04. The van der Waals surface area contributed by atoms with E-state index in [-0.39, 0.29) is 30.4 Å². The van der Waals surface area contributed by atoms with Crippen LogP contribution in [0, 0.1) is 6.92 Å². The summed E-state index contributed by atoms with van der Waals surface area (Å²) < 4.78 is 5.83. The first-order chi connectivity index (χ1) is 13.1. The van der Waals surface area contributed by atoms with E-state index in [9.17, 15) is 4.79 Å². The molecule has 0 saturated carbocycles. The van der Waals surface area contributed by atoms with Crippen LogP contribution in [0.3, 0.4) is 0 Å². The molecule has 3 rings (SSSR count). The van der Waals surface area contributed by atoms with Crippen molar-refractivity contribution in [2.24, 2.45) is 0 Å². The van der Waals surface area contributed by atoms with Crippen LogP contribution in [0.2, 0.25) is 0 Å². The van der Waals surface area contributed by atoms with Gasteiger partial charge in [0.25, 0.3) is 0 Å². The summed E-state index contributed by atoms with van der Waals surface area (Å²) in [7, 11) is 0. The molecule has 1 fully saturated rings. The van der Waals surface area contributed by atoms with Gasteiger partial charge in [-0.3, -0.25) is 9.69 Å². The van der Waals surface area contributed by atoms with Gasteiger partial charge in [-0.05, 0) is 50.9 Å². The van der Waals surface area contributed by atoms with Crippen molar-refractivity contribution >= 4 is 18.3 Å². The van der Waals surface area contributed by atoms with Gasteiger partial charge in [-0.15, -0.1) is 12.4 Å². The van der Waals surface area contributed by atoms with E-state index in [1.54, 1.807) is 0 Å². The fourth-order valence-corrected chi connectivity index (χ4v) is 3.60. The minimum absolute atomic E-state index is 0. The van der Waals surface area contributed by atoms with Gasteiger partial charge in [-0.2, -0.15) is 0 Å². The van der Waals surface area contributed by atoms with Gasteiger partial charge in [0.2, 0.25) is 5.91 Å². The molecule has 1 N–H and O–H groups in total. The summed E-state index contributed by atoms with van der Waals surface area (Å²) in [6.07, 6.45) is 3.16. The van der Waals surface area contributed by atoms with Crippen molar-refractivity contribution in [2.75, 3.05) is 19.7 Å². The van der Waals surface area contributed by atoms with Crippen molar-refractivity contribution in [3.05, 3.63) is 65.7 Å². The number of ether oxygens (including phenoxy) is 1. The number of benzene rings is 2. The summed E-state index contributed by atoms with van der Waals surface area (Å²) in [5, 5.41) is 3.20. The Kier molecular flexibility index (Phi) is 8.81. The van der Waals surface area contributed by atoms with Gasteiger partial charge in [0, 0.05) is 6.54 Å². The number of carbonyl (C=O) groups is 1. The van der Waals surface area contributed by atoms with Crippen LogP contribution < -0.4 is 10.1 Å². The van der Waals surface area contributed by atoms with E-state index in [0.29, 0.717) is 6.61 Å². The maximum Gasteiger partial charge on any atom is 0.237 e. The molecule has 2 atom stereocenters. The summed E-state index contributed by atoms with van der Waals surface area (Å²) in [5.74, 6) is 1.01. The molecule has 1 saturated heterocycles. The Labute approximate surface area is 174 Å². The normalized spacial score (nSPS) is 18.0. The Morgan fingerprint density at radius 1 is 1.14 bits per heavy atom. The second kappa shape index (κ2) is 11.1. The number of nitrogens with zero attached hydrogens (tertiary/aromatic N) is 1. The highest BCUT2D eigenvalue weighted by atomic mass is 35.5. The number of hydrogen-bond donors (Lipinski definition) is 1. The van der Waals surface area contributed by atoms with Crippen molar-refractivity contribution in [1.82, 2.24) is 10.2 Å². The standard InChI is InChI=1S/C23H30N2O2.ClH/c1-18-11-13-20(14-12-18)19(2)24-23(26)22-10-6-7-15-25(22)16-17-27-21-8-4-3-5-9-21;/h3-5,8-9,11-14,19,22H,6-7,10,15-17H2,1-2H3,(H,24,26);1H/t19-,22+;/m0./s1. The SMILES string of the molecule is Cc1ccc([C@H](C)NC(=O)[C@H]2CCCCN2CCOc2ccccc2)cc1.Cl. The molecule has 2 aromatic rings. The fraction of sp³-hybridized carbons (Fsp3) is 0.435. The smallest absolute Gasteiger partial charge is 0.237 e. The van der Waals surface area contributed by atoms with Crippen LogP contribution in [0.25, 0.3) is 0 Å². The average Bonchev–Trinajstić information content (AvgIpc) is 2.69. The van der Waals surface area contributed by atoms with Gasteiger partial charge in [0.15, 0.2) is 0 Å². The van der Waals surface area contributed by atoms with Crippen LogP contribution in [0.1, 0.15) is 43.4 Å². The highest BCUT2D eigenvalue weighted by Gasteiger charge is 2.29. The predicted octanol–water partition coefficient (Wildman–Crippen LogP) is 4.53. The molecule has 5 heteroatoms. The van der Waals surface area contributed by atoms with Gasteiger partial charge >= 0.3 is 0 Å². The largest absolute Gasteiger partial charge is 0.492 e. The first kappa shape index (κ1) is 22.3. The van der Waals surface area contributed by atoms with Crippen molar-refractivity contribution in [3.8, 4) is 5.75 Å².